The molecule has 0 aromatic rings. The van der Waals surface area contributed by atoms with Crippen molar-refractivity contribution < 1.29 is 33.3 Å². The first-order valence-electron chi connectivity index (χ1n) is 8.84. The van der Waals surface area contributed by atoms with Crippen molar-refractivity contribution in [1.29, 1.82) is 0 Å². The molecule has 0 aromatic carbocycles. The van der Waals surface area contributed by atoms with E-state index < -0.39 is 28.9 Å². The highest BCUT2D eigenvalue weighted by Gasteiger charge is 2.71. The van der Waals surface area contributed by atoms with E-state index in [1.807, 2.05) is 13.0 Å². The van der Waals surface area contributed by atoms with Crippen molar-refractivity contribution in [2.75, 3.05) is 34.0 Å². The lowest BCUT2D eigenvalue weighted by molar-refractivity contribution is -0.239. The maximum atomic E-state index is 13.6. The van der Waals surface area contributed by atoms with E-state index in [0.717, 1.165) is 0 Å². The third-order valence-corrected chi connectivity index (χ3v) is 5.85. The molecule has 7 heteroatoms. The van der Waals surface area contributed by atoms with E-state index in [9.17, 15) is 9.59 Å². The molecule has 0 N–H and O–H groups in total. The third kappa shape index (κ3) is 2.49. The van der Waals surface area contributed by atoms with E-state index in [4.69, 9.17) is 23.7 Å². The summed E-state index contributed by atoms with van der Waals surface area (Å²) in [5.41, 5.74) is -3.27. The first-order chi connectivity index (χ1) is 12.4. The molecule has 4 rings (SSSR count). The van der Waals surface area contributed by atoms with Crippen LogP contribution in [-0.2, 0) is 33.3 Å². The molecule has 2 bridgehead atoms. The van der Waals surface area contributed by atoms with E-state index in [-0.39, 0.29) is 18.3 Å². The average molecular weight is 366 g/mol. The van der Waals surface area contributed by atoms with Gasteiger partial charge in [-0.25, -0.2) is 4.79 Å². The largest absolute Gasteiger partial charge is 0.463 e. The number of methoxy groups -OCH3 is 2. The molecular weight excluding hydrogens is 340 g/mol. The van der Waals surface area contributed by atoms with Crippen LogP contribution in [0.15, 0.2) is 24.3 Å². The minimum Gasteiger partial charge on any atom is -0.463 e. The van der Waals surface area contributed by atoms with Crippen LogP contribution < -0.4 is 0 Å². The number of carbonyl (C=O) groups is 2. The Morgan fingerprint density at radius 2 is 2.00 bits per heavy atom. The Kier molecular flexibility index (Phi) is 5.09. The molecule has 0 unspecified atom stereocenters. The van der Waals surface area contributed by atoms with Gasteiger partial charge in [-0.3, -0.25) is 4.79 Å². The van der Waals surface area contributed by atoms with Crippen molar-refractivity contribution in [3.8, 4) is 0 Å². The van der Waals surface area contributed by atoms with Gasteiger partial charge in [-0.05, 0) is 25.5 Å². The van der Waals surface area contributed by atoms with Crippen LogP contribution in [0.25, 0.3) is 0 Å². The van der Waals surface area contributed by atoms with Crippen LogP contribution in [0.1, 0.15) is 20.3 Å². The van der Waals surface area contributed by atoms with E-state index >= 15 is 0 Å². The summed E-state index contributed by atoms with van der Waals surface area (Å²) in [6.45, 7) is 4.90. The fourth-order valence-corrected chi connectivity index (χ4v) is 4.49. The zero-order valence-electron chi connectivity index (χ0n) is 15.7. The molecule has 0 radical (unpaired) electrons. The minimum atomic E-state index is -1.30. The van der Waals surface area contributed by atoms with Crippen molar-refractivity contribution in [2.45, 2.75) is 37.8 Å². The molecule has 0 spiro atoms. The predicted octanol–water partition coefficient (Wildman–Crippen LogP) is 1.41. The Labute approximate surface area is 153 Å². The molecule has 4 atom stereocenters. The summed E-state index contributed by atoms with van der Waals surface area (Å²) < 4.78 is 27.9. The van der Waals surface area contributed by atoms with Crippen LogP contribution in [-0.4, -0.2) is 63.3 Å². The lowest BCUT2D eigenvalue weighted by atomic mass is 9.51. The summed E-state index contributed by atoms with van der Waals surface area (Å²) in [5.74, 6) is -1.06. The second-order valence-electron chi connectivity index (χ2n) is 7.01. The molecule has 144 valence electrons. The molecule has 0 amide bonds. The fourth-order valence-electron chi connectivity index (χ4n) is 4.49. The van der Waals surface area contributed by atoms with Gasteiger partial charge in [-0.2, -0.15) is 0 Å². The van der Waals surface area contributed by atoms with Crippen molar-refractivity contribution in [3.05, 3.63) is 24.3 Å². The highest BCUT2D eigenvalue weighted by molar-refractivity contribution is 6.02. The van der Waals surface area contributed by atoms with Gasteiger partial charge in [0, 0.05) is 26.2 Å². The Morgan fingerprint density at radius 1 is 1.31 bits per heavy atom. The molecule has 4 aliphatic rings. The molecule has 1 saturated heterocycles. The number of esters is 1. The van der Waals surface area contributed by atoms with Crippen LogP contribution >= 0.6 is 0 Å². The summed E-state index contributed by atoms with van der Waals surface area (Å²) in [7, 11) is 2.96. The molecule has 0 aromatic heterocycles. The molecule has 1 heterocycles. The Balaban J connectivity index is 2.02. The zero-order chi connectivity index (χ0) is 19.0. The van der Waals surface area contributed by atoms with Gasteiger partial charge in [0.05, 0.1) is 25.2 Å². The number of fused-ring (bicyclic) bond motifs is 2. The first-order valence-corrected chi connectivity index (χ1v) is 8.84. The number of hydrogen-bond donors (Lipinski definition) is 0. The lowest BCUT2D eigenvalue weighted by Gasteiger charge is -2.59. The van der Waals surface area contributed by atoms with Crippen LogP contribution in [0.4, 0.5) is 0 Å². The zero-order valence-corrected chi connectivity index (χ0v) is 15.7. The van der Waals surface area contributed by atoms with E-state index in [1.165, 1.54) is 26.4 Å². The van der Waals surface area contributed by atoms with Crippen molar-refractivity contribution in [2.24, 2.45) is 11.3 Å². The van der Waals surface area contributed by atoms with Crippen LogP contribution in [0.5, 0.6) is 0 Å². The maximum absolute atomic E-state index is 13.6. The molecule has 2 fully saturated rings. The number of hydrogen-bond acceptors (Lipinski definition) is 7. The van der Waals surface area contributed by atoms with Crippen LogP contribution in [0.3, 0.4) is 0 Å². The fraction of sp³-hybridized carbons (Fsp3) is 0.684. The van der Waals surface area contributed by atoms with Crippen LogP contribution in [0.2, 0.25) is 0 Å². The summed E-state index contributed by atoms with van der Waals surface area (Å²) in [6, 6.07) is 0. The minimum absolute atomic E-state index is 0.261. The van der Waals surface area contributed by atoms with E-state index in [2.05, 4.69) is 0 Å². The van der Waals surface area contributed by atoms with Crippen molar-refractivity contribution >= 4 is 11.8 Å². The van der Waals surface area contributed by atoms with Gasteiger partial charge in [0.15, 0.2) is 17.5 Å². The third-order valence-electron chi connectivity index (χ3n) is 5.85. The summed E-state index contributed by atoms with van der Waals surface area (Å²) in [5, 5.41) is 0. The summed E-state index contributed by atoms with van der Waals surface area (Å²) in [6.07, 6.45) is 6.45. The van der Waals surface area contributed by atoms with Gasteiger partial charge in [-0.15, -0.1) is 0 Å². The number of ketones is 1. The smallest absolute Gasteiger partial charge is 0.330 e. The van der Waals surface area contributed by atoms with Crippen molar-refractivity contribution in [1.82, 2.24) is 0 Å². The second-order valence-corrected chi connectivity index (χ2v) is 7.01. The van der Waals surface area contributed by atoms with Gasteiger partial charge < -0.3 is 23.7 Å². The van der Waals surface area contributed by atoms with E-state index in [1.54, 1.807) is 13.0 Å². The molecule has 26 heavy (non-hydrogen) atoms. The first kappa shape index (κ1) is 19.2. The Bertz CT molecular complexity index is 636. The summed E-state index contributed by atoms with van der Waals surface area (Å²) in [4.78, 5) is 25.4. The quantitative estimate of drug-likeness (QED) is 0.399. The number of ether oxygens (including phenoxy) is 5. The van der Waals surface area contributed by atoms with E-state index in [0.29, 0.717) is 19.6 Å². The monoisotopic (exact) mass is 366 g/mol. The molecule has 7 nitrogen and oxygen atoms in total. The molecular formula is C19H26O7. The van der Waals surface area contributed by atoms with Gasteiger partial charge >= 0.3 is 5.97 Å². The Morgan fingerprint density at radius 3 is 2.58 bits per heavy atom. The van der Waals surface area contributed by atoms with Gasteiger partial charge in [0.1, 0.15) is 0 Å². The van der Waals surface area contributed by atoms with Gasteiger partial charge in [0.25, 0.3) is 0 Å². The normalized spacial score (nSPS) is 39.8. The topological polar surface area (TPSA) is 80.3 Å². The average Bonchev–Trinajstić information content (AvgIpc) is 3.18. The maximum Gasteiger partial charge on any atom is 0.330 e. The van der Waals surface area contributed by atoms with Crippen molar-refractivity contribution in [3.63, 3.8) is 0 Å². The molecule has 1 saturated carbocycles. The number of carbonyl (C=O) groups excluding carboxylic acids is 2. The standard InChI is InChI=1S/C19H26O7/c1-5-24-14(20)7-8-18(22-3)13-6-9-19(23-4,15(18)21)17(2,12-13)16-25-10-11-26-16/h6-9,13,16H,5,10-12H2,1-4H3/b8-7+/t13-,17-,18+,19+/m1/s1. The lowest BCUT2D eigenvalue weighted by Crippen LogP contribution is -2.73. The highest BCUT2D eigenvalue weighted by atomic mass is 16.7. The Hall–Kier alpha value is -1.54. The predicted molar refractivity (Wildman–Crippen MR) is 91.3 cm³/mol. The number of rotatable bonds is 6. The SMILES string of the molecule is CCOC(=O)/C=C/[C@@]1(OC)C(=O)[C@@]2(OC)C=C[C@@H]1C[C@]2(C)C1OCCO1. The van der Waals surface area contributed by atoms with Gasteiger partial charge in [-0.1, -0.05) is 13.0 Å². The van der Waals surface area contributed by atoms with Gasteiger partial charge in [0.2, 0.25) is 5.78 Å². The molecule has 3 aliphatic carbocycles. The summed E-state index contributed by atoms with van der Waals surface area (Å²) >= 11 is 0. The molecule has 1 aliphatic heterocycles. The number of Topliss-reactive ketones (excluding diaryl/α,β-unsaturated/α-hetero) is 1. The second kappa shape index (κ2) is 6.88. The van der Waals surface area contributed by atoms with Crippen LogP contribution in [0, 0.1) is 11.3 Å². The highest BCUT2D eigenvalue weighted by Crippen LogP contribution is 2.58.